The van der Waals surface area contributed by atoms with Crippen molar-refractivity contribution in [1.82, 2.24) is 0 Å². The number of rotatable bonds is 0. The van der Waals surface area contributed by atoms with Gasteiger partial charge in [-0.3, -0.25) is 0 Å². The largest absolute Gasteiger partial charge is 1.00 e. The number of halogens is 2. The molecule has 4 heteroatoms. The summed E-state index contributed by atoms with van der Waals surface area (Å²) < 4.78 is 0.511. The SMILES string of the molecule is CC1=P[C](C)([Zr+2])C=C1.[Cl-].[Cl-]. The maximum atomic E-state index is 2.31. The van der Waals surface area contributed by atoms with E-state index < -0.39 is 0 Å². The van der Waals surface area contributed by atoms with Gasteiger partial charge in [0, 0.05) is 0 Å². The van der Waals surface area contributed by atoms with Crippen LogP contribution in [-0.4, -0.2) is 8.16 Å². The van der Waals surface area contributed by atoms with Gasteiger partial charge in [0.15, 0.2) is 0 Å². The quantitative estimate of drug-likeness (QED) is 0.394. The van der Waals surface area contributed by atoms with E-state index in [-0.39, 0.29) is 24.8 Å². The Bertz CT molecular complexity index is 163. The standard InChI is InChI=1S/C6H8P.2ClH.Zr/c1-5-3-4-6(2)7-5;;;/h3-4H,1-2H3;2*1H;/q;;;+2/p-2. The van der Waals surface area contributed by atoms with E-state index in [9.17, 15) is 0 Å². The molecule has 0 aromatic rings. The fourth-order valence-electron chi connectivity index (χ4n) is 0.724. The molecule has 1 rings (SSSR count). The number of allylic oxidation sites excluding steroid dienone is 2. The summed E-state index contributed by atoms with van der Waals surface area (Å²) in [4.78, 5) is 0. The van der Waals surface area contributed by atoms with E-state index in [0.717, 1.165) is 0 Å². The molecule has 0 bridgehead atoms. The van der Waals surface area contributed by atoms with Gasteiger partial charge in [0.25, 0.3) is 0 Å². The Kier molecular flexibility index (Phi) is 7.10. The summed E-state index contributed by atoms with van der Waals surface area (Å²) >= 11 is 1.62. The summed E-state index contributed by atoms with van der Waals surface area (Å²) in [5.74, 6) is 0. The van der Waals surface area contributed by atoms with Gasteiger partial charge in [0.05, 0.1) is 0 Å². The topological polar surface area (TPSA) is 0 Å². The molecule has 10 heavy (non-hydrogen) atoms. The van der Waals surface area contributed by atoms with Gasteiger partial charge in [-0.2, -0.15) is 0 Å². The van der Waals surface area contributed by atoms with Crippen LogP contribution in [0.1, 0.15) is 13.8 Å². The average molecular weight is 273 g/mol. The Labute approximate surface area is 91.3 Å². The second-order valence-corrected chi connectivity index (χ2v) is 7.68. The minimum atomic E-state index is 0. The van der Waals surface area contributed by atoms with Crippen LogP contribution >= 0.6 is 8.20 Å². The maximum Gasteiger partial charge on any atom is -1.00 e. The molecule has 0 fully saturated rings. The van der Waals surface area contributed by atoms with E-state index in [1.165, 1.54) is 13.5 Å². The summed E-state index contributed by atoms with van der Waals surface area (Å²) in [6.45, 7) is 4.48. The predicted octanol–water partition coefficient (Wildman–Crippen LogP) is -4.03. The smallest absolute Gasteiger partial charge is 1.00 e. The molecular formula is C6H8Cl2PZr. The van der Waals surface area contributed by atoms with Crippen molar-refractivity contribution in [2.24, 2.45) is 0 Å². The van der Waals surface area contributed by atoms with Crippen molar-refractivity contribution >= 4 is 13.5 Å². The molecule has 0 N–H and O–H groups in total. The van der Waals surface area contributed by atoms with Gasteiger partial charge in [-0.05, 0) is 0 Å². The zero-order chi connectivity index (χ0) is 6.20. The molecule has 1 atom stereocenters. The van der Waals surface area contributed by atoms with Crippen LogP contribution in [0, 0.1) is 0 Å². The van der Waals surface area contributed by atoms with Crippen LogP contribution in [-0.2, 0) is 24.7 Å². The van der Waals surface area contributed by atoms with Gasteiger partial charge in [-0.15, -0.1) is 0 Å². The van der Waals surface area contributed by atoms with E-state index in [0.29, 0.717) is 2.86 Å². The number of hydrogen-bond acceptors (Lipinski definition) is 0. The van der Waals surface area contributed by atoms with Gasteiger partial charge in [0.2, 0.25) is 0 Å². The molecule has 0 saturated carbocycles. The van der Waals surface area contributed by atoms with Crippen LogP contribution in [0.25, 0.3) is 0 Å². The Balaban J connectivity index is 0. The molecule has 0 radical (unpaired) electrons. The van der Waals surface area contributed by atoms with Gasteiger partial charge in [-0.1, -0.05) is 0 Å². The fourth-order valence-corrected chi connectivity index (χ4v) is 3.26. The molecule has 55 valence electrons. The van der Waals surface area contributed by atoms with Crippen LogP contribution in [0.15, 0.2) is 12.2 Å². The first kappa shape index (κ1) is 13.9. The van der Waals surface area contributed by atoms with E-state index in [1.807, 2.05) is 0 Å². The van der Waals surface area contributed by atoms with E-state index in [1.54, 1.807) is 24.7 Å². The molecule has 1 aliphatic heterocycles. The molecule has 0 amide bonds. The summed E-state index contributed by atoms with van der Waals surface area (Å²) in [5, 5.41) is 1.50. The van der Waals surface area contributed by atoms with Crippen LogP contribution in [0.4, 0.5) is 0 Å². The van der Waals surface area contributed by atoms with Crippen molar-refractivity contribution in [2.75, 3.05) is 0 Å². The molecule has 1 aliphatic rings. The minimum absolute atomic E-state index is 0. The average Bonchev–Trinajstić information content (AvgIpc) is 1.82. The molecule has 0 nitrogen and oxygen atoms in total. The zero-order valence-corrected chi connectivity index (χ0v) is 10.7. The Morgan fingerprint density at radius 3 is 2.10 bits per heavy atom. The van der Waals surface area contributed by atoms with Crippen molar-refractivity contribution in [3.05, 3.63) is 12.2 Å². The van der Waals surface area contributed by atoms with Crippen LogP contribution < -0.4 is 24.8 Å². The molecule has 0 aromatic carbocycles. The van der Waals surface area contributed by atoms with Crippen LogP contribution in [0.3, 0.4) is 0 Å². The Morgan fingerprint density at radius 2 is 2.00 bits per heavy atom. The molecular weight excluding hydrogens is 265 g/mol. The van der Waals surface area contributed by atoms with E-state index >= 15 is 0 Å². The first-order chi connectivity index (χ1) is 3.60. The third-order valence-corrected chi connectivity index (χ3v) is 3.41. The van der Waals surface area contributed by atoms with Gasteiger partial charge >= 0.3 is 67.1 Å². The van der Waals surface area contributed by atoms with E-state index in [2.05, 4.69) is 26.0 Å². The third-order valence-electron chi connectivity index (χ3n) is 1.06. The first-order valence-electron chi connectivity index (χ1n) is 2.61. The third kappa shape index (κ3) is 4.29. The molecule has 0 spiro atoms. The summed E-state index contributed by atoms with van der Waals surface area (Å²) in [5.41, 5.74) is 0. The second-order valence-electron chi connectivity index (χ2n) is 2.23. The molecule has 0 aliphatic carbocycles. The summed E-state index contributed by atoms with van der Waals surface area (Å²) in [7, 11) is 1.51. The van der Waals surface area contributed by atoms with E-state index in [4.69, 9.17) is 0 Å². The zero-order valence-electron chi connectivity index (χ0n) is 5.86. The minimum Gasteiger partial charge on any atom is -1.00 e. The fraction of sp³-hybridized carbons (Fsp3) is 0.500. The molecule has 1 unspecified atom stereocenters. The van der Waals surface area contributed by atoms with Gasteiger partial charge in [-0.25, -0.2) is 0 Å². The Morgan fingerprint density at radius 1 is 1.50 bits per heavy atom. The summed E-state index contributed by atoms with van der Waals surface area (Å²) in [6.07, 6.45) is 4.54. The first-order valence-corrected chi connectivity index (χ1v) is 4.73. The Hall–Kier alpha value is 1.37. The van der Waals surface area contributed by atoms with Gasteiger partial charge in [0.1, 0.15) is 0 Å². The molecule has 1 heterocycles. The van der Waals surface area contributed by atoms with Crippen molar-refractivity contribution in [2.45, 2.75) is 16.7 Å². The van der Waals surface area contributed by atoms with Crippen molar-refractivity contribution < 1.29 is 49.5 Å². The number of hydrogen-bond donors (Lipinski definition) is 0. The second kappa shape index (κ2) is 5.10. The van der Waals surface area contributed by atoms with Crippen molar-refractivity contribution in [1.29, 1.82) is 0 Å². The summed E-state index contributed by atoms with van der Waals surface area (Å²) in [6, 6.07) is 0. The monoisotopic (exact) mass is 271 g/mol. The van der Waals surface area contributed by atoms with Crippen molar-refractivity contribution in [3.8, 4) is 0 Å². The van der Waals surface area contributed by atoms with Crippen LogP contribution in [0.2, 0.25) is 0 Å². The van der Waals surface area contributed by atoms with Crippen molar-refractivity contribution in [3.63, 3.8) is 0 Å². The maximum absolute atomic E-state index is 2.31. The van der Waals surface area contributed by atoms with Gasteiger partial charge < -0.3 is 24.8 Å². The normalized spacial score (nSPS) is 30.2. The molecule has 0 saturated heterocycles. The van der Waals surface area contributed by atoms with Crippen LogP contribution in [0.5, 0.6) is 0 Å². The predicted molar refractivity (Wildman–Crippen MR) is 35.1 cm³/mol. The molecule has 0 aromatic heterocycles.